The molecule has 41 heavy (non-hydrogen) atoms. The molecule has 1 aromatic heterocycles. The van der Waals surface area contributed by atoms with Crippen LogP contribution in [0.4, 0.5) is 10.5 Å². The molecule has 0 fully saturated rings. The van der Waals surface area contributed by atoms with Crippen LogP contribution in [0.15, 0.2) is 77.8 Å². The van der Waals surface area contributed by atoms with Crippen LogP contribution in [0.2, 0.25) is 0 Å². The van der Waals surface area contributed by atoms with Crippen molar-refractivity contribution in [2.75, 3.05) is 27.2 Å². The van der Waals surface area contributed by atoms with E-state index >= 15 is 0 Å². The van der Waals surface area contributed by atoms with Crippen molar-refractivity contribution in [2.24, 2.45) is 4.99 Å². The van der Waals surface area contributed by atoms with Crippen LogP contribution in [0.25, 0.3) is 10.9 Å². The van der Waals surface area contributed by atoms with Gasteiger partial charge in [0.25, 0.3) is 0 Å². The standard InChI is InChI=1S/C32H36N4O5/c1-32(2,3)41-31(39)33-17-18-36(4)20-21-11-14-24(15-12-21)34-28(22-9-7-6-8-10-22)27-25-16-13-23(30(38)40-5)19-26(25)35-29(27)37/h6-16,19,35,37H,17-18,20H2,1-5H3,(H,33,39). The molecule has 0 aliphatic heterocycles. The molecule has 0 bridgehead atoms. The van der Waals surface area contributed by atoms with Crippen molar-refractivity contribution < 1.29 is 24.2 Å². The molecule has 0 atom stereocenters. The molecule has 1 heterocycles. The average Bonchev–Trinajstić information content (AvgIpc) is 3.26. The van der Waals surface area contributed by atoms with Gasteiger partial charge in [-0.2, -0.15) is 0 Å². The maximum atomic E-state index is 12.0. The summed E-state index contributed by atoms with van der Waals surface area (Å²) in [5.74, 6) is -0.493. The van der Waals surface area contributed by atoms with Gasteiger partial charge in [-0.3, -0.25) is 0 Å². The van der Waals surface area contributed by atoms with E-state index in [1.165, 1.54) is 7.11 Å². The molecule has 0 saturated heterocycles. The Kier molecular flexibility index (Phi) is 9.09. The third kappa shape index (κ3) is 7.73. The monoisotopic (exact) mass is 556 g/mol. The highest BCUT2D eigenvalue weighted by Crippen LogP contribution is 2.32. The van der Waals surface area contributed by atoms with Crippen LogP contribution in [-0.4, -0.2) is 65.6 Å². The summed E-state index contributed by atoms with van der Waals surface area (Å²) in [4.78, 5) is 33.9. The van der Waals surface area contributed by atoms with Gasteiger partial charge in [-0.15, -0.1) is 0 Å². The van der Waals surface area contributed by atoms with Gasteiger partial charge in [0.2, 0.25) is 0 Å². The SMILES string of the molecule is COC(=O)c1ccc2c(C(=Nc3ccc(CN(C)CCNC(=O)OC(C)(C)C)cc3)c3ccccc3)c(O)[nH]c2c1. The van der Waals surface area contributed by atoms with Gasteiger partial charge in [0.15, 0.2) is 5.88 Å². The van der Waals surface area contributed by atoms with Crippen molar-refractivity contribution in [2.45, 2.75) is 32.9 Å². The molecule has 1 amide bonds. The number of hydrogen-bond acceptors (Lipinski definition) is 7. The van der Waals surface area contributed by atoms with Gasteiger partial charge in [0.05, 0.1) is 29.6 Å². The summed E-state index contributed by atoms with van der Waals surface area (Å²) in [6, 6.07) is 22.6. The fourth-order valence-corrected chi connectivity index (χ4v) is 4.39. The number of fused-ring (bicyclic) bond motifs is 1. The molecule has 0 aliphatic rings. The summed E-state index contributed by atoms with van der Waals surface area (Å²) in [7, 11) is 3.32. The van der Waals surface area contributed by atoms with Gasteiger partial charge in [0.1, 0.15) is 5.60 Å². The highest BCUT2D eigenvalue weighted by Gasteiger charge is 2.20. The van der Waals surface area contributed by atoms with Crippen molar-refractivity contribution in [3.63, 3.8) is 0 Å². The highest BCUT2D eigenvalue weighted by molar-refractivity contribution is 6.22. The van der Waals surface area contributed by atoms with Gasteiger partial charge in [-0.05, 0) is 57.6 Å². The zero-order valence-corrected chi connectivity index (χ0v) is 24.0. The molecule has 9 heteroatoms. The second-order valence-electron chi connectivity index (χ2n) is 10.8. The molecular formula is C32H36N4O5. The van der Waals surface area contributed by atoms with Crippen molar-refractivity contribution in [1.29, 1.82) is 0 Å². The second-order valence-corrected chi connectivity index (χ2v) is 10.8. The molecule has 0 spiro atoms. The molecule has 214 valence electrons. The Bertz CT molecular complexity index is 1540. The first-order valence-electron chi connectivity index (χ1n) is 13.4. The summed E-state index contributed by atoms with van der Waals surface area (Å²) in [6.45, 7) is 7.33. The number of methoxy groups -OCH3 is 1. The number of alkyl carbamates (subject to hydrolysis) is 1. The number of aromatic nitrogens is 1. The number of amides is 1. The van der Waals surface area contributed by atoms with Crippen LogP contribution in [0, 0.1) is 0 Å². The molecule has 0 radical (unpaired) electrons. The lowest BCUT2D eigenvalue weighted by molar-refractivity contribution is 0.0522. The third-order valence-corrected chi connectivity index (χ3v) is 6.28. The van der Waals surface area contributed by atoms with E-state index in [9.17, 15) is 14.7 Å². The molecule has 3 aromatic carbocycles. The van der Waals surface area contributed by atoms with Crippen LogP contribution >= 0.6 is 0 Å². The summed E-state index contributed by atoms with van der Waals surface area (Å²) < 4.78 is 10.1. The van der Waals surface area contributed by atoms with Crippen molar-refractivity contribution in [1.82, 2.24) is 15.2 Å². The van der Waals surface area contributed by atoms with Crippen LogP contribution in [0.5, 0.6) is 5.88 Å². The predicted molar refractivity (Wildman–Crippen MR) is 160 cm³/mol. The Balaban J connectivity index is 1.54. The van der Waals surface area contributed by atoms with E-state index in [1.807, 2.05) is 82.4 Å². The summed E-state index contributed by atoms with van der Waals surface area (Å²) in [6.07, 6.45) is -0.424. The molecule has 3 N–H and O–H groups in total. The Morgan fingerprint density at radius 3 is 2.37 bits per heavy atom. The molecule has 0 unspecified atom stereocenters. The van der Waals surface area contributed by atoms with E-state index in [-0.39, 0.29) is 5.88 Å². The van der Waals surface area contributed by atoms with Crippen LogP contribution in [0.1, 0.15) is 47.8 Å². The van der Waals surface area contributed by atoms with E-state index in [1.54, 1.807) is 18.2 Å². The minimum atomic E-state index is -0.526. The maximum absolute atomic E-state index is 12.0. The van der Waals surface area contributed by atoms with E-state index in [2.05, 4.69) is 15.2 Å². The van der Waals surface area contributed by atoms with Crippen molar-refractivity contribution >= 4 is 34.4 Å². The number of rotatable bonds is 9. The lowest BCUT2D eigenvalue weighted by Gasteiger charge is -2.21. The molecule has 0 saturated carbocycles. The number of nitrogens with zero attached hydrogens (tertiary/aromatic N) is 2. The number of aromatic amines is 1. The lowest BCUT2D eigenvalue weighted by atomic mass is 10.00. The normalized spacial score (nSPS) is 12.0. The third-order valence-electron chi connectivity index (χ3n) is 6.28. The van der Waals surface area contributed by atoms with E-state index in [0.29, 0.717) is 42.0 Å². The van der Waals surface area contributed by atoms with Gasteiger partial charge >= 0.3 is 12.1 Å². The lowest BCUT2D eigenvalue weighted by Crippen LogP contribution is -2.36. The van der Waals surface area contributed by atoms with E-state index in [0.717, 1.165) is 22.2 Å². The Hall–Kier alpha value is -4.63. The number of H-pyrrole nitrogens is 1. The Morgan fingerprint density at radius 2 is 1.71 bits per heavy atom. The quantitative estimate of drug-likeness (QED) is 0.178. The van der Waals surface area contributed by atoms with Crippen molar-refractivity contribution in [3.05, 3.63) is 95.1 Å². The summed E-state index contributed by atoms with van der Waals surface area (Å²) in [5.41, 5.74) is 4.25. The average molecular weight is 557 g/mol. The van der Waals surface area contributed by atoms with E-state index < -0.39 is 17.7 Å². The minimum Gasteiger partial charge on any atom is -0.494 e. The summed E-state index contributed by atoms with van der Waals surface area (Å²) >= 11 is 0. The van der Waals surface area contributed by atoms with Crippen LogP contribution in [0.3, 0.4) is 0 Å². The van der Waals surface area contributed by atoms with Crippen LogP contribution in [-0.2, 0) is 16.0 Å². The molecule has 4 rings (SSSR count). The first kappa shape index (κ1) is 29.4. The Labute approximate surface area is 239 Å². The first-order valence-corrected chi connectivity index (χ1v) is 13.4. The number of aromatic hydroxyl groups is 1. The maximum Gasteiger partial charge on any atom is 0.407 e. The minimum absolute atomic E-state index is 0.0390. The number of hydrogen-bond donors (Lipinski definition) is 3. The molecule has 0 aliphatic carbocycles. The van der Waals surface area contributed by atoms with Crippen LogP contribution < -0.4 is 5.32 Å². The van der Waals surface area contributed by atoms with Gasteiger partial charge in [-0.25, -0.2) is 14.6 Å². The number of nitrogens with one attached hydrogen (secondary N) is 2. The zero-order valence-electron chi connectivity index (χ0n) is 24.0. The first-order chi connectivity index (χ1) is 19.5. The highest BCUT2D eigenvalue weighted by atomic mass is 16.6. The number of aliphatic imine (C=N–C) groups is 1. The largest absolute Gasteiger partial charge is 0.494 e. The summed E-state index contributed by atoms with van der Waals surface area (Å²) in [5, 5.41) is 14.5. The fourth-order valence-electron chi connectivity index (χ4n) is 4.39. The van der Waals surface area contributed by atoms with Gasteiger partial charge in [-0.1, -0.05) is 48.5 Å². The second kappa shape index (κ2) is 12.7. The number of carbonyl (C=O) groups excluding carboxylic acids is 2. The van der Waals surface area contributed by atoms with Gasteiger partial charge in [0, 0.05) is 36.1 Å². The zero-order chi connectivity index (χ0) is 29.6. The molecule has 4 aromatic rings. The smallest absolute Gasteiger partial charge is 0.407 e. The fraction of sp³-hybridized carbons (Fsp3) is 0.281. The number of esters is 1. The van der Waals surface area contributed by atoms with Crippen molar-refractivity contribution in [3.8, 4) is 5.88 Å². The molecule has 9 nitrogen and oxygen atoms in total. The Morgan fingerprint density at radius 1 is 1.00 bits per heavy atom. The molecular weight excluding hydrogens is 520 g/mol. The topological polar surface area (TPSA) is 116 Å². The van der Waals surface area contributed by atoms with E-state index in [4.69, 9.17) is 14.5 Å². The number of benzene rings is 3. The number of ether oxygens (including phenoxy) is 2. The number of likely N-dealkylation sites (N-methyl/N-ethyl adjacent to an activating group) is 1. The van der Waals surface area contributed by atoms with Gasteiger partial charge < -0.3 is 29.8 Å². The number of carbonyl (C=O) groups is 2. The predicted octanol–water partition coefficient (Wildman–Crippen LogP) is 5.79.